The third-order valence-corrected chi connectivity index (χ3v) is 3.73. The van der Waals surface area contributed by atoms with Crippen LogP contribution in [0.1, 0.15) is 12.0 Å². The van der Waals surface area contributed by atoms with E-state index in [1.54, 1.807) is 7.05 Å². The van der Waals surface area contributed by atoms with Crippen LogP contribution in [0.5, 0.6) is 0 Å². The van der Waals surface area contributed by atoms with Gasteiger partial charge in [0.1, 0.15) is 9.84 Å². The van der Waals surface area contributed by atoms with Crippen LogP contribution in [-0.2, 0) is 30.5 Å². The van der Waals surface area contributed by atoms with Crippen molar-refractivity contribution >= 4 is 9.84 Å². The summed E-state index contributed by atoms with van der Waals surface area (Å²) in [4.78, 5) is 23.2. The summed E-state index contributed by atoms with van der Waals surface area (Å²) >= 11 is 0. The van der Waals surface area contributed by atoms with Crippen LogP contribution in [0.4, 0.5) is 0 Å². The molecule has 1 aromatic rings. The van der Waals surface area contributed by atoms with Crippen molar-refractivity contribution in [2.75, 3.05) is 18.6 Å². The summed E-state index contributed by atoms with van der Waals surface area (Å²) in [5.74, 6) is 0.116. The van der Waals surface area contributed by atoms with E-state index < -0.39 is 9.84 Å². The summed E-state index contributed by atoms with van der Waals surface area (Å²) in [7, 11) is 0.0590. The maximum absolute atomic E-state index is 11.8. The topological polar surface area (TPSA) is 90.2 Å². The first-order valence-corrected chi connectivity index (χ1v) is 7.92. The van der Waals surface area contributed by atoms with Gasteiger partial charge in [-0.25, -0.2) is 13.2 Å². The molecule has 1 rings (SSSR count). The van der Waals surface area contributed by atoms with Crippen molar-refractivity contribution in [3.8, 4) is 0 Å². The lowest BCUT2D eigenvalue weighted by atomic mass is 10.3. The number of rotatable bonds is 6. The summed E-state index contributed by atoms with van der Waals surface area (Å²) < 4.78 is 24.2. The van der Waals surface area contributed by atoms with E-state index >= 15 is 0 Å². The number of aryl methyl sites for hydroxylation is 1. The minimum Gasteiger partial charge on any atom is -0.312 e. The Labute approximate surface area is 111 Å². The zero-order valence-corrected chi connectivity index (χ0v) is 12.2. The fourth-order valence-corrected chi connectivity index (χ4v) is 2.36. The minimum absolute atomic E-state index is 0.116. The van der Waals surface area contributed by atoms with Crippen molar-refractivity contribution in [2.24, 2.45) is 14.1 Å². The minimum atomic E-state index is -2.95. The highest BCUT2D eigenvalue weighted by molar-refractivity contribution is 7.90. The van der Waals surface area contributed by atoms with Crippen LogP contribution >= 0.6 is 0 Å². The average molecular weight is 289 g/mol. The number of hydrogen-bond donors (Lipinski definition) is 1. The van der Waals surface area contributed by atoms with E-state index in [9.17, 15) is 18.0 Å². The molecule has 0 unspecified atom stereocenters. The highest BCUT2D eigenvalue weighted by Gasteiger charge is 2.06. The summed E-state index contributed by atoms with van der Waals surface area (Å²) in [5, 5.41) is 3.00. The molecule has 0 atom stereocenters. The van der Waals surface area contributed by atoms with Crippen LogP contribution in [-0.4, -0.2) is 36.1 Å². The lowest BCUT2D eigenvalue weighted by Gasteiger charge is -2.07. The second kappa shape index (κ2) is 6.16. The van der Waals surface area contributed by atoms with E-state index in [0.717, 1.165) is 4.57 Å². The monoisotopic (exact) mass is 289 g/mol. The molecule has 0 radical (unpaired) electrons. The van der Waals surface area contributed by atoms with E-state index in [-0.39, 0.29) is 17.0 Å². The highest BCUT2D eigenvalue weighted by atomic mass is 32.2. The molecule has 0 aliphatic heterocycles. The number of sulfone groups is 1. The van der Waals surface area contributed by atoms with E-state index in [2.05, 4.69) is 5.32 Å². The zero-order chi connectivity index (χ0) is 14.6. The molecule has 1 N–H and O–H groups in total. The molecule has 0 aromatic carbocycles. The second-order valence-electron chi connectivity index (χ2n) is 4.57. The molecule has 0 amide bonds. The summed E-state index contributed by atoms with van der Waals surface area (Å²) in [5.41, 5.74) is -0.228. The van der Waals surface area contributed by atoms with Gasteiger partial charge in [-0.05, 0) is 13.0 Å². The molecule has 19 heavy (non-hydrogen) atoms. The van der Waals surface area contributed by atoms with E-state index in [0.29, 0.717) is 25.1 Å². The molecule has 1 heterocycles. The molecule has 0 spiro atoms. The molecule has 0 aliphatic rings. The molecule has 108 valence electrons. The molecule has 0 saturated heterocycles. The van der Waals surface area contributed by atoms with Gasteiger partial charge >= 0.3 is 5.69 Å². The zero-order valence-electron chi connectivity index (χ0n) is 11.3. The number of nitrogens with zero attached hydrogens (tertiary/aromatic N) is 2. The van der Waals surface area contributed by atoms with Crippen LogP contribution in [0.2, 0.25) is 0 Å². The Kier molecular flexibility index (Phi) is 5.07. The summed E-state index contributed by atoms with van der Waals surface area (Å²) in [6.45, 7) is 0.809. The van der Waals surface area contributed by atoms with Crippen LogP contribution in [0.25, 0.3) is 0 Å². The molecular formula is C11H19N3O4S. The van der Waals surface area contributed by atoms with Gasteiger partial charge in [0.05, 0.1) is 5.75 Å². The van der Waals surface area contributed by atoms with Crippen LogP contribution < -0.4 is 16.6 Å². The third-order valence-electron chi connectivity index (χ3n) is 2.70. The van der Waals surface area contributed by atoms with Gasteiger partial charge in [-0.3, -0.25) is 9.36 Å². The Balaban J connectivity index is 2.60. The van der Waals surface area contributed by atoms with Crippen molar-refractivity contribution in [1.82, 2.24) is 14.5 Å². The van der Waals surface area contributed by atoms with Crippen LogP contribution in [0.15, 0.2) is 15.8 Å². The van der Waals surface area contributed by atoms with Gasteiger partial charge in [-0.2, -0.15) is 0 Å². The molecule has 0 saturated carbocycles. The van der Waals surface area contributed by atoms with Gasteiger partial charge in [-0.15, -0.1) is 0 Å². The van der Waals surface area contributed by atoms with Gasteiger partial charge in [0.2, 0.25) is 0 Å². The van der Waals surface area contributed by atoms with Crippen LogP contribution in [0.3, 0.4) is 0 Å². The standard InChI is InChI=1S/C11H19N3O4S/c1-13-8-9(10(15)14(2)11(13)16)7-12-5-4-6-19(3,17)18/h8,12H,4-7H2,1-3H3. The fraction of sp³-hybridized carbons (Fsp3) is 0.636. The van der Waals surface area contributed by atoms with E-state index in [4.69, 9.17) is 0 Å². The predicted molar refractivity (Wildman–Crippen MR) is 73.0 cm³/mol. The Bertz CT molecular complexity index is 657. The van der Waals surface area contributed by atoms with Crippen molar-refractivity contribution in [1.29, 1.82) is 0 Å². The Morgan fingerprint density at radius 2 is 1.89 bits per heavy atom. The Morgan fingerprint density at radius 1 is 1.26 bits per heavy atom. The Morgan fingerprint density at radius 3 is 2.47 bits per heavy atom. The first kappa shape index (κ1) is 15.6. The van der Waals surface area contributed by atoms with Gasteiger partial charge in [0.25, 0.3) is 5.56 Å². The lowest BCUT2D eigenvalue weighted by molar-refractivity contribution is 0.591. The second-order valence-corrected chi connectivity index (χ2v) is 6.83. The molecule has 0 bridgehead atoms. The van der Waals surface area contributed by atoms with Crippen LogP contribution in [0, 0.1) is 0 Å². The van der Waals surface area contributed by atoms with Crippen molar-refractivity contribution < 1.29 is 8.42 Å². The largest absolute Gasteiger partial charge is 0.330 e. The van der Waals surface area contributed by atoms with E-state index in [1.165, 1.54) is 24.1 Å². The number of aromatic nitrogens is 2. The third kappa shape index (κ3) is 4.64. The SMILES string of the molecule is Cn1cc(CNCCCS(C)(=O)=O)c(=O)n(C)c1=O. The molecule has 7 nitrogen and oxygen atoms in total. The van der Waals surface area contributed by atoms with Gasteiger partial charge in [0.15, 0.2) is 0 Å². The lowest BCUT2D eigenvalue weighted by Crippen LogP contribution is -2.39. The van der Waals surface area contributed by atoms with Gasteiger partial charge in [-0.1, -0.05) is 0 Å². The smallest absolute Gasteiger partial charge is 0.312 e. The molecule has 0 fully saturated rings. The fourth-order valence-electron chi connectivity index (χ4n) is 1.69. The van der Waals surface area contributed by atoms with Gasteiger partial charge < -0.3 is 9.88 Å². The summed E-state index contributed by atoms with van der Waals surface area (Å²) in [6, 6.07) is 0. The number of nitrogens with one attached hydrogen (secondary N) is 1. The normalized spacial score (nSPS) is 11.7. The molecular weight excluding hydrogens is 270 g/mol. The molecule has 8 heteroatoms. The van der Waals surface area contributed by atoms with Crippen molar-refractivity contribution in [2.45, 2.75) is 13.0 Å². The maximum Gasteiger partial charge on any atom is 0.330 e. The number of hydrogen-bond acceptors (Lipinski definition) is 5. The van der Waals surface area contributed by atoms with Gasteiger partial charge in [0, 0.05) is 38.7 Å². The van der Waals surface area contributed by atoms with Crippen molar-refractivity contribution in [3.05, 3.63) is 32.6 Å². The highest BCUT2D eigenvalue weighted by Crippen LogP contribution is 1.90. The molecule has 1 aromatic heterocycles. The maximum atomic E-state index is 11.8. The first-order valence-electron chi connectivity index (χ1n) is 5.86. The van der Waals surface area contributed by atoms with Crippen molar-refractivity contribution in [3.63, 3.8) is 0 Å². The summed E-state index contributed by atoms with van der Waals surface area (Å²) in [6.07, 6.45) is 3.18. The predicted octanol–water partition coefficient (Wildman–Crippen LogP) is -1.39. The Hall–Kier alpha value is -1.41. The average Bonchev–Trinajstić information content (AvgIpc) is 2.31. The quantitative estimate of drug-likeness (QED) is 0.651. The molecule has 0 aliphatic carbocycles. The first-order chi connectivity index (χ1) is 8.72. The van der Waals surface area contributed by atoms with E-state index in [1.807, 2.05) is 0 Å².